The van der Waals surface area contributed by atoms with Crippen LogP contribution in [0.4, 0.5) is 13.2 Å². The van der Waals surface area contributed by atoms with E-state index in [2.05, 4.69) is 25.7 Å². The summed E-state index contributed by atoms with van der Waals surface area (Å²) in [6.45, 7) is 1.83. The summed E-state index contributed by atoms with van der Waals surface area (Å²) in [6.07, 6.45) is -3.00. The second-order valence-electron chi connectivity index (χ2n) is 3.73. The molecule has 2 rings (SSSR count). The molecule has 0 aliphatic carbocycles. The molecule has 1 heterocycles. The smallest absolute Gasteiger partial charge is 0.405 e. The van der Waals surface area contributed by atoms with Crippen LogP contribution < -0.4 is 4.74 Å². The molecule has 0 saturated carbocycles. The highest BCUT2D eigenvalue weighted by atomic mass is 79.9. The Labute approximate surface area is 120 Å². The van der Waals surface area contributed by atoms with Crippen LogP contribution >= 0.6 is 28.1 Å². The molecule has 0 aliphatic heterocycles. The molecule has 0 saturated heterocycles. The lowest BCUT2D eigenvalue weighted by Crippen LogP contribution is -2.17. The summed E-state index contributed by atoms with van der Waals surface area (Å²) in [5.74, 6) is -0.295. The first-order valence-corrected chi connectivity index (χ1v) is 6.31. The highest BCUT2D eigenvalue weighted by Crippen LogP contribution is 2.32. The molecular weight excluding hydrogens is 345 g/mol. The number of hydrogen-bond donors (Lipinski definition) is 1. The third-order valence-electron chi connectivity index (χ3n) is 2.36. The van der Waals surface area contributed by atoms with Crippen molar-refractivity contribution in [1.82, 2.24) is 9.55 Å². The number of nitrogens with one attached hydrogen (secondary N) is 1. The number of H-pyrrole nitrogens is 1. The molecule has 3 nitrogen and oxygen atoms in total. The van der Waals surface area contributed by atoms with E-state index in [1.807, 2.05) is 6.92 Å². The van der Waals surface area contributed by atoms with Crippen molar-refractivity contribution in [3.8, 4) is 11.4 Å². The number of imidazole rings is 1. The Balaban J connectivity index is 2.42. The van der Waals surface area contributed by atoms with Crippen molar-refractivity contribution in [3.63, 3.8) is 0 Å². The van der Waals surface area contributed by atoms with E-state index >= 15 is 0 Å². The number of halogens is 4. The van der Waals surface area contributed by atoms with Crippen molar-refractivity contribution in [1.29, 1.82) is 0 Å². The third-order valence-corrected chi connectivity index (χ3v) is 3.28. The van der Waals surface area contributed by atoms with Crippen molar-refractivity contribution in [3.05, 3.63) is 39.3 Å². The fourth-order valence-corrected chi connectivity index (χ4v) is 2.37. The number of hydrogen-bond acceptors (Lipinski definition) is 2. The van der Waals surface area contributed by atoms with Crippen LogP contribution in [0.15, 0.2) is 28.9 Å². The van der Waals surface area contributed by atoms with Crippen LogP contribution in [0.3, 0.4) is 0 Å². The second-order valence-corrected chi connectivity index (χ2v) is 4.97. The quantitative estimate of drug-likeness (QED) is 0.806. The van der Waals surface area contributed by atoms with Gasteiger partial charge in [-0.15, -0.1) is 13.2 Å². The standard InChI is InChI=1S/C11H8BrF3N2OS/c1-6-5-16-10(19)17(6)7-2-3-9(8(12)4-7)18-11(13,14)15/h2-5H,1H3,(H,16,19). The van der Waals surface area contributed by atoms with Crippen LogP contribution in [0.1, 0.15) is 5.69 Å². The predicted octanol–water partition coefficient (Wildman–Crippen LogP) is 4.50. The fourth-order valence-electron chi connectivity index (χ4n) is 1.61. The first-order chi connectivity index (χ1) is 8.78. The predicted molar refractivity (Wildman–Crippen MR) is 70.1 cm³/mol. The molecule has 0 unspecified atom stereocenters. The summed E-state index contributed by atoms with van der Waals surface area (Å²) in [5.41, 5.74) is 1.49. The average molecular weight is 353 g/mol. The number of benzene rings is 1. The number of aromatic nitrogens is 2. The second kappa shape index (κ2) is 5.01. The first kappa shape index (κ1) is 14.1. The Kier molecular flexibility index (Phi) is 3.73. The molecule has 8 heteroatoms. The molecule has 1 aromatic heterocycles. The number of aromatic amines is 1. The third kappa shape index (κ3) is 3.19. The van der Waals surface area contributed by atoms with Gasteiger partial charge in [-0.3, -0.25) is 4.57 Å². The van der Waals surface area contributed by atoms with Crippen LogP contribution in [-0.4, -0.2) is 15.9 Å². The van der Waals surface area contributed by atoms with Crippen LogP contribution in [0.25, 0.3) is 5.69 Å². The summed E-state index contributed by atoms with van der Waals surface area (Å²) < 4.78 is 42.7. The summed E-state index contributed by atoms with van der Waals surface area (Å²) in [6, 6.07) is 4.25. The lowest BCUT2D eigenvalue weighted by molar-refractivity contribution is -0.274. The van der Waals surface area contributed by atoms with Crippen LogP contribution in [0.2, 0.25) is 0 Å². The lowest BCUT2D eigenvalue weighted by atomic mass is 10.3. The van der Waals surface area contributed by atoms with Gasteiger partial charge in [0.15, 0.2) is 4.77 Å². The summed E-state index contributed by atoms with van der Waals surface area (Å²) in [4.78, 5) is 2.86. The Bertz CT molecular complexity index is 663. The van der Waals surface area contributed by atoms with E-state index in [1.54, 1.807) is 10.8 Å². The van der Waals surface area contributed by atoms with Crippen LogP contribution in [0, 0.1) is 11.7 Å². The van der Waals surface area contributed by atoms with Gasteiger partial charge >= 0.3 is 6.36 Å². The number of ether oxygens (including phenoxy) is 1. The zero-order valence-corrected chi connectivity index (χ0v) is 12.0. The zero-order valence-electron chi connectivity index (χ0n) is 9.58. The maximum atomic E-state index is 12.2. The first-order valence-electron chi connectivity index (χ1n) is 5.10. The minimum atomic E-state index is -4.72. The van der Waals surface area contributed by atoms with E-state index in [0.717, 1.165) is 5.69 Å². The maximum Gasteiger partial charge on any atom is 0.573 e. The largest absolute Gasteiger partial charge is 0.573 e. The van der Waals surface area contributed by atoms with Gasteiger partial charge in [0, 0.05) is 17.6 Å². The Morgan fingerprint density at radius 1 is 1.37 bits per heavy atom. The monoisotopic (exact) mass is 352 g/mol. The zero-order chi connectivity index (χ0) is 14.2. The van der Waals surface area contributed by atoms with Gasteiger partial charge in [0.1, 0.15) is 5.75 Å². The molecule has 0 radical (unpaired) electrons. The van der Waals surface area contributed by atoms with E-state index < -0.39 is 6.36 Å². The number of aryl methyl sites for hydroxylation is 1. The van der Waals surface area contributed by atoms with Gasteiger partial charge in [-0.1, -0.05) is 0 Å². The minimum absolute atomic E-state index is 0.199. The molecule has 19 heavy (non-hydrogen) atoms. The number of rotatable bonds is 2. The molecular formula is C11H8BrF3N2OS. The molecule has 0 spiro atoms. The van der Waals surface area contributed by atoms with E-state index in [4.69, 9.17) is 12.2 Å². The topological polar surface area (TPSA) is 29.9 Å². The summed E-state index contributed by atoms with van der Waals surface area (Å²) >= 11 is 8.15. The highest BCUT2D eigenvalue weighted by Gasteiger charge is 2.32. The van der Waals surface area contributed by atoms with Crippen molar-refractivity contribution in [2.24, 2.45) is 0 Å². The van der Waals surface area contributed by atoms with Crippen molar-refractivity contribution < 1.29 is 17.9 Å². The molecule has 0 amide bonds. The number of nitrogens with zero attached hydrogens (tertiary/aromatic N) is 1. The molecule has 2 aromatic rings. The molecule has 1 aromatic carbocycles. The van der Waals surface area contributed by atoms with Gasteiger partial charge in [-0.2, -0.15) is 0 Å². The van der Waals surface area contributed by atoms with E-state index in [9.17, 15) is 13.2 Å². The summed E-state index contributed by atoms with van der Waals surface area (Å²) in [5, 5.41) is 0. The molecule has 1 N–H and O–H groups in total. The Hall–Kier alpha value is -1.28. The van der Waals surface area contributed by atoms with Gasteiger partial charge in [0.05, 0.1) is 4.47 Å². The molecule has 102 valence electrons. The Morgan fingerprint density at radius 3 is 2.53 bits per heavy atom. The number of alkyl halides is 3. The SMILES string of the molecule is Cc1c[nH]c(=S)n1-c1ccc(OC(F)(F)F)c(Br)c1. The van der Waals surface area contributed by atoms with E-state index in [0.29, 0.717) is 10.5 Å². The van der Waals surface area contributed by atoms with Crippen LogP contribution in [-0.2, 0) is 0 Å². The van der Waals surface area contributed by atoms with E-state index in [-0.39, 0.29) is 10.2 Å². The van der Waals surface area contributed by atoms with Gasteiger partial charge in [0.25, 0.3) is 0 Å². The van der Waals surface area contributed by atoms with Gasteiger partial charge < -0.3 is 9.72 Å². The Morgan fingerprint density at radius 2 is 2.05 bits per heavy atom. The highest BCUT2D eigenvalue weighted by molar-refractivity contribution is 9.10. The molecule has 0 aliphatic rings. The van der Waals surface area contributed by atoms with Gasteiger partial charge in [-0.25, -0.2) is 0 Å². The molecule has 0 fully saturated rings. The summed E-state index contributed by atoms with van der Waals surface area (Å²) in [7, 11) is 0. The minimum Gasteiger partial charge on any atom is -0.405 e. The van der Waals surface area contributed by atoms with Gasteiger partial charge in [0.2, 0.25) is 0 Å². The van der Waals surface area contributed by atoms with Crippen molar-refractivity contribution >= 4 is 28.1 Å². The normalized spacial score (nSPS) is 11.6. The maximum absolute atomic E-state index is 12.2. The van der Waals surface area contributed by atoms with Gasteiger partial charge in [-0.05, 0) is 53.3 Å². The fraction of sp³-hybridized carbons (Fsp3) is 0.182. The van der Waals surface area contributed by atoms with Crippen molar-refractivity contribution in [2.45, 2.75) is 13.3 Å². The van der Waals surface area contributed by atoms with Crippen molar-refractivity contribution in [2.75, 3.05) is 0 Å². The van der Waals surface area contributed by atoms with Crippen LogP contribution in [0.5, 0.6) is 5.75 Å². The van der Waals surface area contributed by atoms with E-state index in [1.165, 1.54) is 18.2 Å². The molecule has 0 atom stereocenters. The average Bonchev–Trinajstić information content (AvgIpc) is 2.60. The lowest BCUT2D eigenvalue weighted by Gasteiger charge is -2.12. The molecule has 0 bridgehead atoms.